The number of alkyl carbamates (subject to hydrolysis) is 1. The Morgan fingerprint density at radius 2 is 1.57 bits per heavy atom. The van der Waals surface area contributed by atoms with Crippen molar-refractivity contribution in [1.82, 2.24) is 30.2 Å². The molecule has 3 N–H and O–H groups in total. The van der Waals surface area contributed by atoms with E-state index in [4.69, 9.17) is 14.7 Å². The third kappa shape index (κ3) is 5.70. The molecule has 1 saturated heterocycles. The number of piperidine rings is 1. The van der Waals surface area contributed by atoms with Gasteiger partial charge in [-0.1, -0.05) is 62.4 Å². The van der Waals surface area contributed by atoms with Crippen LogP contribution >= 0.6 is 0 Å². The number of rotatable bonds is 8. The third-order valence-electron chi connectivity index (χ3n) is 11.7. The Hall–Kier alpha value is -5.25. The second kappa shape index (κ2) is 12.2. The van der Waals surface area contributed by atoms with E-state index in [9.17, 15) is 9.59 Å². The molecular weight excluding hydrogens is 638 g/mol. The maximum atomic E-state index is 13.9. The predicted octanol–water partition coefficient (Wildman–Crippen LogP) is 7.69. The molecule has 10 heteroatoms. The lowest BCUT2D eigenvalue weighted by Gasteiger charge is -2.37. The number of ether oxygens (including phenoxy) is 1. The van der Waals surface area contributed by atoms with Crippen molar-refractivity contribution in [2.75, 3.05) is 13.7 Å². The van der Waals surface area contributed by atoms with E-state index >= 15 is 0 Å². The van der Waals surface area contributed by atoms with Crippen LogP contribution in [0, 0.1) is 17.3 Å². The summed E-state index contributed by atoms with van der Waals surface area (Å²) in [5, 5.41) is 5.13. The van der Waals surface area contributed by atoms with Crippen molar-refractivity contribution >= 4 is 28.5 Å². The van der Waals surface area contributed by atoms with Crippen LogP contribution in [-0.4, -0.2) is 68.3 Å². The number of amides is 2. The zero-order valence-electron chi connectivity index (χ0n) is 29.3. The van der Waals surface area contributed by atoms with Crippen LogP contribution in [0.3, 0.4) is 0 Å². The number of likely N-dealkylation sites (tertiary alicyclic amines) is 1. The van der Waals surface area contributed by atoms with Crippen LogP contribution in [0.25, 0.3) is 44.4 Å². The van der Waals surface area contributed by atoms with Crippen molar-refractivity contribution in [2.45, 2.75) is 70.5 Å². The van der Waals surface area contributed by atoms with Gasteiger partial charge in [-0.05, 0) is 89.0 Å². The van der Waals surface area contributed by atoms with E-state index < -0.39 is 12.1 Å². The number of methoxy groups -OCH3 is 1. The van der Waals surface area contributed by atoms with Crippen molar-refractivity contribution in [3.8, 4) is 33.6 Å². The standard InChI is InChI=1S/C41H43N7O3/c1-23(2)35(47-40(50)51-3)39(49)48-31-13-12-30(18-31)36(48)38-43-20-33(46-38)25-6-4-24(5-7-25)26-8-9-28-17-29(11-10-27(28)16-26)34-21-42-37(45-34)32-19-41(14-15-41)22-44-32/h4-11,16-17,20-21,23,30-31,35-36H,12-15,18-19,22H2,1-3H3,(H,42,45)(H,43,46)(H,47,50)/t30-,31+,35-,36-/m0/s1. The van der Waals surface area contributed by atoms with Gasteiger partial charge >= 0.3 is 6.09 Å². The number of aliphatic imine (C=N–C) groups is 1. The Balaban J connectivity index is 0.909. The molecule has 2 aliphatic carbocycles. The molecule has 2 amide bonds. The Kier molecular flexibility index (Phi) is 7.59. The predicted molar refractivity (Wildman–Crippen MR) is 197 cm³/mol. The first kappa shape index (κ1) is 31.7. The minimum atomic E-state index is -0.657. The summed E-state index contributed by atoms with van der Waals surface area (Å²) in [5.74, 6) is 1.90. The summed E-state index contributed by atoms with van der Waals surface area (Å²) in [4.78, 5) is 49.3. The molecule has 1 spiro atoms. The number of benzene rings is 3. The molecule has 2 saturated carbocycles. The van der Waals surface area contributed by atoms with Gasteiger partial charge in [-0.25, -0.2) is 14.8 Å². The molecule has 0 radical (unpaired) electrons. The van der Waals surface area contributed by atoms with Gasteiger partial charge in [-0.15, -0.1) is 0 Å². The van der Waals surface area contributed by atoms with E-state index in [2.05, 4.69) is 80.9 Å². The number of carbonyl (C=O) groups excluding carboxylic acids is 2. The summed E-state index contributed by atoms with van der Waals surface area (Å²) in [5.41, 5.74) is 7.93. The molecule has 2 aromatic heterocycles. The van der Waals surface area contributed by atoms with E-state index in [0.717, 1.165) is 83.2 Å². The first-order valence-corrected chi connectivity index (χ1v) is 18.2. The Bertz CT molecular complexity index is 2180. The first-order chi connectivity index (χ1) is 24.8. The Morgan fingerprint density at radius 3 is 2.29 bits per heavy atom. The number of imidazole rings is 2. The Labute approximate surface area is 297 Å². The largest absolute Gasteiger partial charge is 0.453 e. The molecular formula is C41H43N7O3. The summed E-state index contributed by atoms with van der Waals surface area (Å²) < 4.78 is 4.82. The van der Waals surface area contributed by atoms with Crippen LogP contribution in [0.15, 0.2) is 78.0 Å². The van der Waals surface area contributed by atoms with Gasteiger partial charge < -0.3 is 24.9 Å². The smallest absolute Gasteiger partial charge is 0.407 e. The van der Waals surface area contributed by atoms with Crippen molar-refractivity contribution in [2.24, 2.45) is 22.2 Å². The van der Waals surface area contributed by atoms with Gasteiger partial charge in [0.05, 0.1) is 42.6 Å². The topological polar surface area (TPSA) is 128 Å². The van der Waals surface area contributed by atoms with Crippen LogP contribution in [0.4, 0.5) is 4.79 Å². The highest BCUT2D eigenvalue weighted by atomic mass is 16.5. The molecule has 4 aliphatic rings. The summed E-state index contributed by atoms with van der Waals surface area (Å²) in [7, 11) is 1.32. The summed E-state index contributed by atoms with van der Waals surface area (Å²) in [6, 6.07) is 21.0. The number of nitrogens with one attached hydrogen (secondary N) is 3. The first-order valence-electron chi connectivity index (χ1n) is 18.2. The number of aromatic nitrogens is 4. The molecule has 10 nitrogen and oxygen atoms in total. The van der Waals surface area contributed by atoms with E-state index in [-0.39, 0.29) is 23.9 Å². The highest BCUT2D eigenvalue weighted by Crippen LogP contribution is 2.52. The molecule has 5 aromatic rings. The van der Waals surface area contributed by atoms with Gasteiger partial charge in [-0.3, -0.25) is 9.79 Å². The van der Waals surface area contributed by atoms with Crippen molar-refractivity contribution in [3.05, 3.63) is 84.7 Å². The van der Waals surface area contributed by atoms with Crippen LogP contribution in [0.5, 0.6) is 0 Å². The van der Waals surface area contributed by atoms with Crippen LogP contribution in [-0.2, 0) is 9.53 Å². The molecule has 3 aromatic carbocycles. The SMILES string of the molecule is COC(=O)N[C@H](C(=O)N1[C@@H]2CC[C@@H](C2)[C@H]1c1ncc(-c2ccc(-c3ccc4cc(-c5cnc(C6=NCC7(CC7)C6)[nH]5)ccc4c3)cc2)[nH]1)C(C)C. The number of nitrogens with zero attached hydrogens (tertiary/aromatic N) is 4. The number of hydrogen-bond donors (Lipinski definition) is 3. The van der Waals surface area contributed by atoms with Crippen molar-refractivity contribution < 1.29 is 14.3 Å². The van der Waals surface area contributed by atoms with E-state index in [1.54, 1.807) is 0 Å². The van der Waals surface area contributed by atoms with E-state index in [1.165, 1.54) is 30.7 Å². The third-order valence-corrected chi connectivity index (χ3v) is 11.7. The monoisotopic (exact) mass is 681 g/mol. The van der Waals surface area contributed by atoms with Gasteiger partial charge in [0.1, 0.15) is 11.9 Å². The molecule has 0 unspecified atom stereocenters. The van der Waals surface area contributed by atoms with Gasteiger partial charge in [0, 0.05) is 24.6 Å². The summed E-state index contributed by atoms with van der Waals surface area (Å²) in [6.07, 6.45) is 9.83. The summed E-state index contributed by atoms with van der Waals surface area (Å²) >= 11 is 0. The quantitative estimate of drug-likeness (QED) is 0.155. The maximum Gasteiger partial charge on any atom is 0.407 e. The minimum Gasteiger partial charge on any atom is -0.453 e. The van der Waals surface area contributed by atoms with Crippen molar-refractivity contribution in [3.63, 3.8) is 0 Å². The molecule has 3 fully saturated rings. The van der Waals surface area contributed by atoms with Crippen LogP contribution in [0.2, 0.25) is 0 Å². The normalized spacial score (nSPS) is 22.2. The zero-order chi connectivity index (χ0) is 34.9. The highest BCUT2D eigenvalue weighted by Gasteiger charge is 2.51. The lowest BCUT2D eigenvalue weighted by atomic mass is 9.95. The fourth-order valence-electron chi connectivity index (χ4n) is 8.60. The number of fused-ring (bicyclic) bond motifs is 3. The maximum absolute atomic E-state index is 13.9. The zero-order valence-corrected chi connectivity index (χ0v) is 29.3. The van der Waals surface area contributed by atoms with Crippen molar-refractivity contribution in [1.29, 1.82) is 0 Å². The molecule has 260 valence electrons. The second-order valence-electron chi connectivity index (χ2n) is 15.4. The molecule has 51 heavy (non-hydrogen) atoms. The van der Waals surface area contributed by atoms with Gasteiger partial charge in [-0.2, -0.15) is 0 Å². The van der Waals surface area contributed by atoms with E-state index in [1.807, 2.05) is 31.1 Å². The van der Waals surface area contributed by atoms with E-state index in [0.29, 0.717) is 11.3 Å². The number of hydrogen-bond acceptors (Lipinski definition) is 6. The van der Waals surface area contributed by atoms with Crippen LogP contribution < -0.4 is 5.32 Å². The number of aromatic amines is 2. The average molecular weight is 682 g/mol. The lowest BCUT2D eigenvalue weighted by molar-refractivity contribution is -0.139. The lowest BCUT2D eigenvalue weighted by Crippen LogP contribution is -2.54. The number of carbonyl (C=O) groups is 2. The molecule has 4 atom stereocenters. The summed E-state index contributed by atoms with van der Waals surface area (Å²) in [6.45, 7) is 4.83. The van der Waals surface area contributed by atoms with Gasteiger partial charge in [0.2, 0.25) is 5.91 Å². The highest BCUT2D eigenvalue weighted by molar-refractivity contribution is 6.00. The molecule has 2 bridgehead atoms. The average Bonchev–Trinajstić information content (AvgIpc) is 3.79. The van der Waals surface area contributed by atoms with Crippen LogP contribution in [0.1, 0.15) is 70.1 Å². The fraction of sp³-hybridized carbons (Fsp3) is 0.390. The Morgan fingerprint density at radius 1 is 0.882 bits per heavy atom. The molecule has 4 heterocycles. The second-order valence-corrected chi connectivity index (χ2v) is 15.4. The number of H-pyrrole nitrogens is 2. The minimum absolute atomic E-state index is 0.0714. The fourth-order valence-corrected chi connectivity index (χ4v) is 8.60. The molecule has 9 rings (SSSR count). The van der Waals surface area contributed by atoms with Gasteiger partial charge in [0.15, 0.2) is 5.82 Å². The molecule has 2 aliphatic heterocycles. The van der Waals surface area contributed by atoms with Gasteiger partial charge in [0.25, 0.3) is 0 Å².